The number of rotatable bonds is 12. The Hall–Kier alpha value is 0. The predicted octanol–water partition coefficient (Wildman–Crippen LogP) is 7.47. The quantitative estimate of drug-likeness (QED) is 0.348. The van der Waals surface area contributed by atoms with E-state index in [1.165, 1.54) is 57.8 Å². The van der Waals surface area contributed by atoms with Crippen molar-refractivity contribution in [2.45, 2.75) is 106 Å². The van der Waals surface area contributed by atoms with E-state index >= 15 is 0 Å². The fraction of sp³-hybridized carbons (Fsp3) is 1.00. The molecule has 0 fully saturated rings. The van der Waals surface area contributed by atoms with Gasteiger partial charge in [0.2, 0.25) is 0 Å². The van der Waals surface area contributed by atoms with Gasteiger partial charge in [-0.25, -0.2) is 0 Å². The smallest absolute Gasteiger partial charge is 0.0298 e. The third-order valence-electron chi connectivity index (χ3n) is 6.04. The van der Waals surface area contributed by atoms with Crippen LogP contribution in [0.4, 0.5) is 0 Å². The molecule has 0 radical (unpaired) electrons. The minimum absolute atomic E-state index is 0.568. The van der Waals surface area contributed by atoms with Gasteiger partial charge in [-0.1, -0.05) is 93.4 Å². The Morgan fingerprint density at radius 3 is 1.95 bits per heavy atom. The molecule has 0 aromatic heterocycles. The third kappa shape index (κ3) is 6.64. The maximum atomic E-state index is 2.58. The lowest BCUT2D eigenvalue weighted by molar-refractivity contribution is 0.0899. The first-order valence-corrected chi connectivity index (χ1v) is 9.45. The van der Waals surface area contributed by atoms with Gasteiger partial charge < -0.3 is 0 Å². The lowest BCUT2D eigenvalue weighted by atomic mass is 9.64. The molecule has 4 unspecified atom stereocenters. The summed E-state index contributed by atoms with van der Waals surface area (Å²) in [7, 11) is 0. The van der Waals surface area contributed by atoms with Crippen LogP contribution in [0.3, 0.4) is 0 Å². The predicted molar refractivity (Wildman–Crippen MR) is 94.2 cm³/mol. The van der Waals surface area contributed by atoms with Crippen LogP contribution in [0, 0.1) is 23.2 Å². The van der Waals surface area contributed by atoms with Crippen LogP contribution < -0.4 is 0 Å². The largest absolute Gasteiger partial charge is 0.0654 e. The third-order valence-corrected chi connectivity index (χ3v) is 6.04. The minimum Gasteiger partial charge on any atom is -0.0654 e. The van der Waals surface area contributed by atoms with E-state index in [1.807, 2.05) is 0 Å². The summed E-state index contributed by atoms with van der Waals surface area (Å²) in [6.45, 7) is 16.9. The van der Waals surface area contributed by atoms with Crippen LogP contribution >= 0.6 is 0 Å². The van der Waals surface area contributed by atoms with E-state index in [0.29, 0.717) is 5.41 Å². The Bertz CT molecular complexity index is 220. The zero-order valence-electron chi connectivity index (χ0n) is 15.6. The summed E-state index contributed by atoms with van der Waals surface area (Å²) in [4.78, 5) is 0. The molecule has 0 bridgehead atoms. The molecule has 0 rings (SSSR count). The van der Waals surface area contributed by atoms with Crippen LogP contribution in [-0.2, 0) is 0 Å². The summed E-state index contributed by atoms with van der Waals surface area (Å²) in [5.74, 6) is 2.72. The normalized spacial score (nSPS) is 19.4. The summed E-state index contributed by atoms with van der Waals surface area (Å²) in [5, 5.41) is 0. The minimum atomic E-state index is 0.568. The Labute approximate surface area is 130 Å². The lowest BCUT2D eigenvalue weighted by Gasteiger charge is -2.41. The van der Waals surface area contributed by atoms with Crippen molar-refractivity contribution in [2.24, 2.45) is 23.2 Å². The fourth-order valence-corrected chi connectivity index (χ4v) is 3.71. The van der Waals surface area contributed by atoms with Gasteiger partial charge in [-0.15, -0.1) is 0 Å². The molecule has 0 aliphatic rings. The van der Waals surface area contributed by atoms with E-state index in [9.17, 15) is 0 Å². The average Bonchev–Trinajstić information content (AvgIpc) is 2.46. The highest BCUT2D eigenvalue weighted by Gasteiger charge is 2.34. The molecule has 0 spiro atoms. The van der Waals surface area contributed by atoms with Gasteiger partial charge in [-0.2, -0.15) is 0 Å². The van der Waals surface area contributed by atoms with E-state index in [1.54, 1.807) is 0 Å². The Kier molecular flexibility index (Phi) is 10.7. The molecule has 0 saturated heterocycles. The summed E-state index contributed by atoms with van der Waals surface area (Å²) < 4.78 is 0. The van der Waals surface area contributed by atoms with Gasteiger partial charge in [0, 0.05) is 0 Å². The summed E-state index contributed by atoms with van der Waals surface area (Å²) >= 11 is 0. The van der Waals surface area contributed by atoms with Crippen molar-refractivity contribution in [2.75, 3.05) is 0 Å². The van der Waals surface area contributed by atoms with Crippen molar-refractivity contribution < 1.29 is 0 Å². The molecular weight excluding hydrogens is 240 g/mol. The van der Waals surface area contributed by atoms with Gasteiger partial charge in [0.15, 0.2) is 0 Å². The van der Waals surface area contributed by atoms with Crippen LogP contribution in [0.2, 0.25) is 0 Å². The first-order valence-electron chi connectivity index (χ1n) is 9.45. The highest BCUT2D eigenvalue weighted by molar-refractivity contribution is 4.84. The van der Waals surface area contributed by atoms with E-state index in [4.69, 9.17) is 0 Å². The molecule has 0 aromatic carbocycles. The standard InChI is InChI=1S/C20H42/c1-8-12-15-19(18(6)10-3)20(7,11-4)16-13-14-17(5)9-2/h17-19H,8-16H2,1-7H3. The van der Waals surface area contributed by atoms with E-state index in [2.05, 4.69) is 48.5 Å². The van der Waals surface area contributed by atoms with Crippen LogP contribution in [0.15, 0.2) is 0 Å². The maximum Gasteiger partial charge on any atom is -0.0298 e. The number of hydrogen-bond acceptors (Lipinski definition) is 0. The van der Waals surface area contributed by atoms with Crippen LogP contribution in [0.5, 0.6) is 0 Å². The molecule has 0 aromatic rings. The first kappa shape index (κ1) is 20.0. The van der Waals surface area contributed by atoms with Gasteiger partial charge in [0.25, 0.3) is 0 Å². The average molecular weight is 283 g/mol. The summed E-state index contributed by atoms with van der Waals surface area (Å²) in [6, 6.07) is 0. The van der Waals surface area contributed by atoms with Crippen molar-refractivity contribution in [3.05, 3.63) is 0 Å². The second-order valence-corrected chi connectivity index (χ2v) is 7.55. The molecule has 0 aliphatic heterocycles. The van der Waals surface area contributed by atoms with Crippen LogP contribution in [0.25, 0.3) is 0 Å². The first-order chi connectivity index (χ1) is 9.45. The molecule has 0 nitrogen and oxygen atoms in total. The van der Waals surface area contributed by atoms with Gasteiger partial charge in [-0.05, 0) is 36.0 Å². The number of hydrogen-bond donors (Lipinski definition) is 0. The maximum absolute atomic E-state index is 2.58. The van der Waals surface area contributed by atoms with E-state index < -0.39 is 0 Å². The second-order valence-electron chi connectivity index (χ2n) is 7.55. The van der Waals surface area contributed by atoms with Crippen LogP contribution in [-0.4, -0.2) is 0 Å². The number of unbranched alkanes of at least 4 members (excludes halogenated alkanes) is 1. The second kappa shape index (κ2) is 10.7. The molecule has 20 heavy (non-hydrogen) atoms. The molecule has 4 atom stereocenters. The molecular formula is C20H42. The highest BCUT2D eigenvalue weighted by atomic mass is 14.4. The Balaban J connectivity index is 4.64. The summed E-state index contributed by atoms with van der Waals surface area (Å²) in [6.07, 6.45) is 12.5. The fourth-order valence-electron chi connectivity index (χ4n) is 3.71. The molecule has 0 N–H and O–H groups in total. The van der Waals surface area contributed by atoms with Gasteiger partial charge in [-0.3, -0.25) is 0 Å². The van der Waals surface area contributed by atoms with Crippen molar-refractivity contribution in [3.63, 3.8) is 0 Å². The summed E-state index contributed by atoms with van der Waals surface area (Å²) in [5.41, 5.74) is 0.568. The van der Waals surface area contributed by atoms with Crippen LogP contribution in [0.1, 0.15) is 106 Å². The van der Waals surface area contributed by atoms with Crippen molar-refractivity contribution >= 4 is 0 Å². The SMILES string of the molecule is CCCCC(C(C)CC)C(C)(CC)CCCC(C)CC. The molecule has 0 heterocycles. The highest BCUT2D eigenvalue weighted by Crippen LogP contribution is 2.44. The van der Waals surface area contributed by atoms with Crippen molar-refractivity contribution in [1.82, 2.24) is 0 Å². The van der Waals surface area contributed by atoms with Gasteiger partial charge >= 0.3 is 0 Å². The van der Waals surface area contributed by atoms with E-state index in [-0.39, 0.29) is 0 Å². The van der Waals surface area contributed by atoms with Gasteiger partial charge in [0.05, 0.1) is 0 Å². The molecule has 122 valence electrons. The Morgan fingerprint density at radius 1 is 0.850 bits per heavy atom. The van der Waals surface area contributed by atoms with E-state index in [0.717, 1.165) is 17.8 Å². The molecule has 0 saturated carbocycles. The molecule has 0 amide bonds. The lowest BCUT2D eigenvalue weighted by Crippen LogP contribution is -2.32. The zero-order valence-corrected chi connectivity index (χ0v) is 15.6. The van der Waals surface area contributed by atoms with Crippen molar-refractivity contribution in [1.29, 1.82) is 0 Å². The van der Waals surface area contributed by atoms with Gasteiger partial charge in [0.1, 0.15) is 0 Å². The molecule has 0 aliphatic carbocycles. The topological polar surface area (TPSA) is 0 Å². The van der Waals surface area contributed by atoms with Crippen molar-refractivity contribution in [3.8, 4) is 0 Å². The molecule has 0 heteroatoms. The zero-order chi connectivity index (χ0) is 15.6. The monoisotopic (exact) mass is 282 g/mol. The Morgan fingerprint density at radius 2 is 1.50 bits per heavy atom.